The summed E-state index contributed by atoms with van der Waals surface area (Å²) in [7, 11) is 0. The molecule has 0 aliphatic heterocycles. The van der Waals surface area contributed by atoms with Crippen LogP contribution in [0.25, 0.3) is 0 Å². The van der Waals surface area contributed by atoms with Crippen LogP contribution in [0.4, 0.5) is 0 Å². The van der Waals surface area contributed by atoms with Gasteiger partial charge in [0.25, 0.3) is 0 Å². The highest BCUT2D eigenvalue weighted by atomic mass is 79.9. The number of hydrogen-bond donors (Lipinski definition) is 1. The Balaban J connectivity index is 2.38. The van der Waals surface area contributed by atoms with Crippen LogP contribution in [0.1, 0.15) is 33.1 Å². The molecule has 0 amide bonds. The van der Waals surface area contributed by atoms with Crippen molar-refractivity contribution in [2.24, 2.45) is 5.73 Å². The molecular weight excluding hydrogens is 266 g/mol. The number of benzene rings is 1. The number of ether oxygens (including phenoxy) is 1. The lowest BCUT2D eigenvalue weighted by Crippen LogP contribution is -2.39. The van der Waals surface area contributed by atoms with Crippen molar-refractivity contribution in [1.29, 1.82) is 0 Å². The summed E-state index contributed by atoms with van der Waals surface area (Å²) >= 11 is 3.39. The zero-order valence-electron chi connectivity index (χ0n) is 10.0. The third kappa shape index (κ3) is 4.14. The van der Waals surface area contributed by atoms with Crippen molar-refractivity contribution in [3.8, 4) is 5.75 Å². The zero-order valence-corrected chi connectivity index (χ0v) is 11.6. The molecule has 1 aromatic rings. The van der Waals surface area contributed by atoms with Crippen LogP contribution in [0.5, 0.6) is 5.75 Å². The molecule has 0 unspecified atom stereocenters. The average molecular weight is 286 g/mol. The normalized spacial score (nSPS) is 11.5. The first kappa shape index (κ1) is 13.5. The molecule has 0 saturated carbocycles. The monoisotopic (exact) mass is 285 g/mol. The number of nitrogens with two attached hydrogens (primary N) is 1. The van der Waals surface area contributed by atoms with Crippen molar-refractivity contribution >= 4 is 15.9 Å². The summed E-state index contributed by atoms with van der Waals surface area (Å²) in [4.78, 5) is 0. The van der Waals surface area contributed by atoms with Gasteiger partial charge in [0.15, 0.2) is 0 Å². The van der Waals surface area contributed by atoms with Gasteiger partial charge >= 0.3 is 0 Å². The van der Waals surface area contributed by atoms with Gasteiger partial charge in [0, 0.05) is 10.0 Å². The van der Waals surface area contributed by atoms with Crippen molar-refractivity contribution < 1.29 is 4.74 Å². The third-order valence-electron chi connectivity index (χ3n) is 3.09. The Kier molecular flexibility index (Phi) is 5.29. The maximum atomic E-state index is 6.20. The first-order valence-electron chi connectivity index (χ1n) is 5.77. The van der Waals surface area contributed by atoms with Crippen molar-refractivity contribution in [1.82, 2.24) is 0 Å². The smallest absolute Gasteiger partial charge is 0.119 e. The lowest BCUT2D eigenvalue weighted by Gasteiger charge is -2.26. The van der Waals surface area contributed by atoms with Crippen LogP contribution in [0, 0.1) is 0 Å². The van der Waals surface area contributed by atoms with E-state index in [1.807, 2.05) is 24.3 Å². The Morgan fingerprint density at radius 1 is 1.19 bits per heavy atom. The Morgan fingerprint density at radius 2 is 1.75 bits per heavy atom. The Hall–Kier alpha value is -0.540. The first-order valence-corrected chi connectivity index (χ1v) is 6.56. The third-order valence-corrected chi connectivity index (χ3v) is 3.62. The molecule has 16 heavy (non-hydrogen) atoms. The van der Waals surface area contributed by atoms with E-state index in [-0.39, 0.29) is 5.54 Å². The van der Waals surface area contributed by atoms with Gasteiger partial charge in [-0.05, 0) is 43.5 Å². The van der Waals surface area contributed by atoms with Crippen LogP contribution < -0.4 is 10.5 Å². The molecule has 0 saturated heterocycles. The van der Waals surface area contributed by atoms with Crippen LogP contribution in [-0.4, -0.2) is 12.1 Å². The Morgan fingerprint density at radius 3 is 2.25 bits per heavy atom. The molecule has 1 aromatic carbocycles. The van der Waals surface area contributed by atoms with Gasteiger partial charge in [-0.25, -0.2) is 0 Å². The zero-order chi connectivity index (χ0) is 12.0. The molecule has 0 atom stereocenters. The molecule has 0 aliphatic rings. The van der Waals surface area contributed by atoms with Gasteiger partial charge in [0.2, 0.25) is 0 Å². The molecular formula is C13H20BrNO. The largest absolute Gasteiger partial charge is 0.494 e. The predicted octanol–water partition coefficient (Wildman–Crippen LogP) is 3.74. The lowest BCUT2D eigenvalue weighted by atomic mass is 9.91. The fourth-order valence-electron chi connectivity index (χ4n) is 1.51. The van der Waals surface area contributed by atoms with Crippen LogP contribution >= 0.6 is 15.9 Å². The van der Waals surface area contributed by atoms with Crippen LogP contribution in [-0.2, 0) is 0 Å². The second kappa shape index (κ2) is 6.26. The molecule has 0 radical (unpaired) electrons. The van der Waals surface area contributed by atoms with Crippen LogP contribution in [0.2, 0.25) is 0 Å². The molecule has 0 aromatic heterocycles. The fraction of sp³-hybridized carbons (Fsp3) is 0.538. The van der Waals surface area contributed by atoms with Crippen molar-refractivity contribution in [3.05, 3.63) is 28.7 Å². The second-order valence-corrected chi connectivity index (χ2v) is 5.04. The highest BCUT2D eigenvalue weighted by molar-refractivity contribution is 9.10. The minimum Gasteiger partial charge on any atom is -0.494 e. The molecule has 0 bridgehead atoms. The summed E-state index contributed by atoms with van der Waals surface area (Å²) in [5.41, 5.74) is 6.12. The number of hydrogen-bond acceptors (Lipinski definition) is 2. The molecule has 90 valence electrons. The maximum absolute atomic E-state index is 6.20. The lowest BCUT2D eigenvalue weighted by molar-refractivity contribution is 0.247. The van der Waals surface area contributed by atoms with E-state index in [1.54, 1.807) is 0 Å². The van der Waals surface area contributed by atoms with Gasteiger partial charge in [0.1, 0.15) is 5.75 Å². The predicted molar refractivity (Wildman–Crippen MR) is 71.8 cm³/mol. The van der Waals surface area contributed by atoms with Crippen molar-refractivity contribution in [2.75, 3.05) is 6.61 Å². The SMILES string of the molecule is CCC(N)(CC)CCOc1ccc(Br)cc1. The van der Waals surface area contributed by atoms with Crippen LogP contribution in [0.3, 0.4) is 0 Å². The van der Waals surface area contributed by atoms with E-state index in [2.05, 4.69) is 29.8 Å². The van der Waals surface area contributed by atoms with Gasteiger partial charge < -0.3 is 10.5 Å². The summed E-state index contributed by atoms with van der Waals surface area (Å²) in [6.07, 6.45) is 2.89. The van der Waals surface area contributed by atoms with Crippen LogP contribution in [0.15, 0.2) is 28.7 Å². The summed E-state index contributed by atoms with van der Waals surface area (Å²) in [6.45, 7) is 4.94. The fourth-order valence-corrected chi connectivity index (χ4v) is 1.77. The van der Waals surface area contributed by atoms with E-state index in [9.17, 15) is 0 Å². The van der Waals surface area contributed by atoms with E-state index < -0.39 is 0 Å². The van der Waals surface area contributed by atoms with Crippen molar-refractivity contribution in [3.63, 3.8) is 0 Å². The van der Waals surface area contributed by atoms with E-state index in [0.717, 1.165) is 29.5 Å². The average Bonchev–Trinajstić information content (AvgIpc) is 2.31. The maximum Gasteiger partial charge on any atom is 0.119 e. The highest BCUT2D eigenvalue weighted by Gasteiger charge is 2.19. The van der Waals surface area contributed by atoms with E-state index in [0.29, 0.717) is 6.61 Å². The summed E-state index contributed by atoms with van der Waals surface area (Å²) < 4.78 is 6.72. The number of halogens is 1. The molecule has 0 spiro atoms. The van der Waals surface area contributed by atoms with E-state index >= 15 is 0 Å². The molecule has 0 heterocycles. The Labute approximate surface area is 106 Å². The van der Waals surface area contributed by atoms with Gasteiger partial charge in [-0.3, -0.25) is 0 Å². The molecule has 1 rings (SSSR count). The molecule has 0 fully saturated rings. The quantitative estimate of drug-likeness (QED) is 0.864. The van der Waals surface area contributed by atoms with Gasteiger partial charge in [-0.1, -0.05) is 29.8 Å². The second-order valence-electron chi connectivity index (χ2n) is 4.12. The first-order chi connectivity index (χ1) is 7.59. The van der Waals surface area contributed by atoms with Gasteiger partial charge in [-0.2, -0.15) is 0 Å². The van der Waals surface area contributed by atoms with Crippen molar-refractivity contribution in [2.45, 2.75) is 38.6 Å². The minimum atomic E-state index is -0.0740. The topological polar surface area (TPSA) is 35.2 Å². The van der Waals surface area contributed by atoms with Gasteiger partial charge in [0.05, 0.1) is 6.61 Å². The summed E-state index contributed by atoms with van der Waals surface area (Å²) in [6, 6.07) is 7.87. The summed E-state index contributed by atoms with van der Waals surface area (Å²) in [5.74, 6) is 0.901. The standard InChI is InChI=1S/C13H20BrNO/c1-3-13(15,4-2)9-10-16-12-7-5-11(14)6-8-12/h5-8H,3-4,9-10,15H2,1-2H3. The molecule has 2 nitrogen and oxygen atoms in total. The van der Waals surface area contributed by atoms with E-state index in [1.165, 1.54) is 0 Å². The Bertz CT molecular complexity index is 306. The number of rotatable bonds is 6. The van der Waals surface area contributed by atoms with Gasteiger partial charge in [-0.15, -0.1) is 0 Å². The highest BCUT2D eigenvalue weighted by Crippen LogP contribution is 2.19. The van der Waals surface area contributed by atoms with E-state index in [4.69, 9.17) is 10.5 Å². The molecule has 2 N–H and O–H groups in total. The minimum absolute atomic E-state index is 0.0740. The summed E-state index contributed by atoms with van der Waals surface area (Å²) in [5, 5.41) is 0. The molecule has 3 heteroatoms. The molecule has 0 aliphatic carbocycles.